The number of nitro benzene ring substituents is 1. The second kappa shape index (κ2) is 7.76. The second-order valence-electron chi connectivity index (χ2n) is 5.42. The van der Waals surface area contributed by atoms with Crippen LogP contribution in [0.25, 0.3) is 0 Å². The lowest BCUT2D eigenvalue weighted by Gasteiger charge is -2.15. The summed E-state index contributed by atoms with van der Waals surface area (Å²) in [5, 5.41) is 16.3. The van der Waals surface area contributed by atoms with Gasteiger partial charge >= 0.3 is 0 Å². The van der Waals surface area contributed by atoms with Crippen LogP contribution in [-0.4, -0.2) is 22.8 Å². The molecule has 0 aliphatic carbocycles. The molecule has 2 aromatic rings. The molecule has 2 rings (SSSR count). The molecule has 2 aromatic carbocycles. The van der Waals surface area contributed by atoms with Gasteiger partial charge in [0.2, 0.25) is 5.91 Å². The first-order valence-electron chi connectivity index (χ1n) is 7.41. The molecule has 1 atom stereocenters. The van der Waals surface area contributed by atoms with Crippen LogP contribution in [0.15, 0.2) is 42.5 Å². The first-order valence-corrected chi connectivity index (χ1v) is 7.78. The maximum atomic E-state index is 12.3. The van der Waals surface area contributed by atoms with Crippen molar-refractivity contribution in [3.8, 4) is 0 Å². The summed E-state index contributed by atoms with van der Waals surface area (Å²) in [6, 6.07) is 9.80. The zero-order valence-corrected chi connectivity index (χ0v) is 14.3. The van der Waals surface area contributed by atoms with Crippen molar-refractivity contribution in [3.63, 3.8) is 0 Å². The highest BCUT2D eigenvalue weighted by molar-refractivity contribution is 6.33. The van der Waals surface area contributed by atoms with Crippen LogP contribution in [0.2, 0.25) is 5.02 Å². The summed E-state index contributed by atoms with van der Waals surface area (Å²) in [7, 11) is 0. The van der Waals surface area contributed by atoms with E-state index in [4.69, 9.17) is 11.6 Å². The Hall–Kier alpha value is -2.93. The molecule has 2 amide bonds. The van der Waals surface area contributed by atoms with Crippen LogP contribution < -0.4 is 10.6 Å². The van der Waals surface area contributed by atoms with E-state index in [1.807, 2.05) is 0 Å². The Morgan fingerprint density at radius 2 is 1.88 bits per heavy atom. The Morgan fingerprint density at radius 1 is 1.20 bits per heavy atom. The predicted molar refractivity (Wildman–Crippen MR) is 94.8 cm³/mol. The van der Waals surface area contributed by atoms with Crippen LogP contribution in [0.4, 0.5) is 11.4 Å². The number of rotatable bonds is 5. The third-order valence-corrected chi connectivity index (χ3v) is 3.88. The SMILES string of the molecule is Cc1ccc([N+](=O)[O-])cc1NC(=O)[C@@H](C)NC(=O)c1ccccc1Cl. The van der Waals surface area contributed by atoms with Gasteiger partial charge in [-0.15, -0.1) is 0 Å². The van der Waals surface area contributed by atoms with Crippen molar-refractivity contribution in [3.05, 3.63) is 68.7 Å². The minimum atomic E-state index is -0.859. The average molecular weight is 362 g/mol. The zero-order valence-electron chi connectivity index (χ0n) is 13.6. The number of nitro groups is 1. The molecule has 0 aliphatic rings. The first kappa shape index (κ1) is 18.4. The van der Waals surface area contributed by atoms with Crippen molar-refractivity contribution in [2.24, 2.45) is 0 Å². The lowest BCUT2D eigenvalue weighted by Crippen LogP contribution is -2.41. The molecule has 0 bridgehead atoms. The van der Waals surface area contributed by atoms with Gasteiger partial charge in [-0.05, 0) is 31.5 Å². The summed E-state index contributed by atoms with van der Waals surface area (Å²) in [6.07, 6.45) is 0. The van der Waals surface area contributed by atoms with Crippen LogP contribution in [0.5, 0.6) is 0 Å². The van der Waals surface area contributed by atoms with Crippen molar-refractivity contribution in [1.82, 2.24) is 5.32 Å². The maximum absolute atomic E-state index is 12.3. The van der Waals surface area contributed by atoms with Gasteiger partial charge in [0, 0.05) is 12.1 Å². The minimum absolute atomic E-state index is 0.131. The van der Waals surface area contributed by atoms with Crippen LogP contribution >= 0.6 is 11.6 Å². The van der Waals surface area contributed by atoms with Gasteiger partial charge in [0.25, 0.3) is 11.6 Å². The van der Waals surface area contributed by atoms with Crippen molar-refractivity contribution in [1.29, 1.82) is 0 Å². The number of amides is 2. The van der Waals surface area contributed by atoms with Crippen LogP contribution in [0.3, 0.4) is 0 Å². The molecule has 0 aliphatic heterocycles. The van der Waals surface area contributed by atoms with Crippen molar-refractivity contribution in [2.75, 3.05) is 5.32 Å². The molecule has 0 heterocycles. The summed E-state index contributed by atoms with van der Waals surface area (Å²) in [5.41, 5.74) is 1.12. The quantitative estimate of drug-likeness (QED) is 0.630. The topological polar surface area (TPSA) is 101 Å². The molecule has 130 valence electrons. The predicted octanol–water partition coefficient (Wildman–Crippen LogP) is 3.31. The van der Waals surface area contributed by atoms with Crippen LogP contribution in [0.1, 0.15) is 22.8 Å². The van der Waals surface area contributed by atoms with Gasteiger partial charge in [0.15, 0.2) is 0 Å². The van der Waals surface area contributed by atoms with E-state index >= 15 is 0 Å². The van der Waals surface area contributed by atoms with Gasteiger partial charge in [-0.25, -0.2) is 0 Å². The number of anilines is 1. The van der Waals surface area contributed by atoms with E-state index < -0.39 is 22.8 Å². The Bertz CT molecular complexity index is 838. The van der Waals surface area contributed by atoms with Crippen LogP contribution in [0, 0.1) is 17.0 Å². The molecular weight excluding hydrogens is 346 g/mol. The Morgan fingerprint density at radius 3 is 2.52 bits per heavy atom. The average Bonchev–Trinajstić information content (AvgIpc) is 2.56. The normalized spacial score (nSPS) is 11.5. The highest BCUT2D eigenvalue weighted by atomic mass is 35.5. The number of carbonyl (C=O) groups is 2. The van der Waals surface area contributed by atoms with Crippen molar-refractivity contribution < 1.29 is 14.5 Å². The molecular formula is C17H16ClN3O4. The molecule has 0 aromatic heterocycles. The van der Waals surface area contributed by atoms with Crippen LogP contribution in [-0.2, 0) is 4.79 Å². The fourth-order valence-electron chi connectivity index (χ4n) is 2.08. The van der Waals surface area contributed by atoms with E-state index in [0.717, 1.165) is 0 Å². The van der Waals surface area contributed by atoms with Gasteiger partial charge in [-0.2, -0.15) is 0 Å². The van der Waals surface area contributed by atoms with E-state index in [9.17, 15) is 19.7 Å². The van der Waals surface area contributed by atoms with E-state index in [-0.39, 0.29) is 16.3 Å². The molecule has 0 saturated heterocycles. The Kier molecular flexibility index (Phi) is 5.71. The highest BCUT2D eigenvalue weighted by Crippen LogP contribution is 2.22. The number of nitrogens with zero attached hydrogens (tertiary/aromatic N) is 1. The summed E-state index contributed by atoms with van der Waals surface area (Å²) in [5.74, 6) is -0.979. The van der Waals surface area contributed by atoms with Crippen molar-refractivity contribution in [2.45, 2.75) is 19.9 Å². The van der Waals surface area contributed by atoms with Gasteiger partial charge in [-0.1, -0.05) is 29.8 Å². The fraction of sp³-hybridized carbons (Fsp3) is 0.176. The fourth-order valence-corrected chi connectivity index (χ4v) is 2.31. The first-order chi connectivity index (χ1) is 11.8. The second-order valence-corrected chi connectivity index (χ2v) is 5.83. The molecule has 0 spiro atoms. The number of halogens is 1. The number of aryl methyl sites for hydroxylation is 1. The summed E-state index contributed by atoms with van der Waals surface area (Å²) >= 11 is 5.95. The number of hydrogen-bond acceptors (Lipinski definition) is 4. The van der Waals surface area contributed by atoms with E-state index in [0.29, 0.717) is 11.3 Å². The van der Waals surface area contributed by atoms with E-state index in [1.54, 1.807) is 37.3 Å². The lowest BCUT2D eigenvalue weighted by atomic mass is 10.1. The summed E-state index contributed by atoms with van der Waals surface area (Å²) < 4.78 is 0. The summed E-state index contributed by atoms with van der Waals surface area (Å²) in [6.45, 7) is 3.23. The number of benzene rings is 2. The molecule has 7 nitrogen and oxygen atoms in total. The highest BCUT2D eigenvalue weighted by Gasteiger charge is 2.19. The van der Waals surface area contributed by atoms with E-state index in [1.165, 1.54) is 19.1 Å². The molecule has 0 radical (unpaired) electrons. The van der Waals surface area contributed by atoms with Gasteiger partial charge in [0.1, 0.15) is 6.04 Å². The zero-order chi connectivity index (χ0) is 18.6. The van der Waals surface area contributed by atoms with Crippen molar-refractivity contribution >= 4 is 34.8 Å². The molecule has 0 fully saturated rings. The van der Waals surface area contributed by atoms with Gasteiger partial charge in [0.05, 0.1) is 21.2 Å². The molecule has 25 heavy (non-hydrogen) atoms. The number of carbonyl (C=O) groups excluding carboxylic acids is 2. The standard InChI is InChI=1S/C17H16ClN3O4/c1-10-7-8-12(21(24)25)9-15(10)20-16(22)11(2)19-17(23)13-5-3-4-6-14(13)18/h3-9,11H,1-2H3,(H,19,23)(H,20,22)/t11-/m1/s1. The van der Waals surface area contributed by atoms with Gasteiger partial charge in [-0.3, -0.25) is 19.7 Å². The molecule has 2 N–H and O–H groups in total. The Balaban J connectivity index is 2.08. The molecule has 0 unspecified atom stereocenters. The number of nitrogens with one attached hydrogen (secondary N) is 2. The summed E-state index contributed by atoms with van der Waals surface area (Å²) in [4.78, 5) is 34.7. The third-order valence-electron chi connectivity index (χ3n) is 3.55. The number of hydrogen-bond donors (Lipinski definition) is 2. The molecule has 0 saturated carbocycles. The number of non-ortho nitro benzene ring substituents is 1. The molecule has 8 heteroatoms. The van der Waals surface area contributed by atoms with E-state index in [2.05, 4.69) is 10.6 Å². The smallest absolute Gasteiger partial charge is 0.271 e. The maximum Gasteiger partial charge on any atom is 0.271 e. The monoisotopic (exact) mass is 361 g/mol. The minimum Gasteiger partial charge on any atom is -0.340 e. The largest absolute Gasteiger partial charge is 0.340 e. The Labute approximate surface area is 149 Å². The lowest BCUT2D eigenvalue weighted by molar-refractivity contribution is -0.384. The van der Waals surface area contributed by atoms with Gasteiger partial charge < -0.3 is 10.6 Å². The third kappa shape index (κ3) is 4.54.